The Hall–Kier alpha value is -2.43. The van der Waals surface area contributed by atoms with Gasteiger partial charge in [-0.3, -0.25) is 0 Å². The van der Waals surface area contributed by atoms with Crippen molar-refractivity contribution in [2.45, 2.75) is 96.7 Å². The summed E-state index contributed by atoms with van der Waals surface area (Å²) in [5.41, 5.74) is 1.75. The fourth-order valence-electron chi connectivity index (χ4n) is 4.78. The standard InChI is InChI=1S/C29H42F3N3O3Si/c1-6-9-10-15-28(4,5)22-17-20(12-11-16-39-27(37-7-2)38-8-3)26(36)25(19-22)35-33-23-14-13-21(29(30,31)32)18-24(23)34-35/h13-14,17-19,27,36H,6-12,15-16,39H2,1-5H3. The predicted molar refractivity (Wildman–Crippen MR) is 151 cm³/mol. The predicted octanol–water partition coefficient (Wildman–Crippen LogP) is 6.88. The number of hydrogen-bond donors (Lipinski definition) is 1. The Morgan fingerprint density at radius 3 is 2.26 bits per heavy atom. The lowest BCUT2D eigenvalue weighted by Crippen LogP contribution is -2.24. The van der Waals surface area contributed by atoms with Gasteiger partial charge in [-0.15, -0.1) is 15.0 Å². The molecule has 1 heterocycles. The van der Waals surface area contributed by atoms with E-state index in [1.807, 2.05) is 19.9 Å². The van der Waals surface area contributed by atoms with Crippen molar-refractivity contribution in [3.05, 3.63) is 47.0 Å². The molecule has 6 nitrogen and oxygen atoms in total. The Labute approximate surface area is 231 Å². The first kappa shape index (κ1) is 31.1. The molecule has 0 spiro atoms. The highest BCUT2D eigenvalue weighted by Gasteiger charge is 2.31. The van der Waals surface area contributed by atoms with Crippen LogP contribution in [-0.2, 0) is 27.5 Å². The maximum atomic E-state index is 13.2. The van der Waals surface area contributed by atoms with Gasteiger partial charge in [-0.1, -0.05) is 58.6 Å². The fraction of sp³-hybridized carbons (Fsp3) is 0.586. The molecule has 0 amide bonds. The van der Waals surface area contributed by atoms with E-state index in [1.54, 1.807) is 0 Å². The van der Waals surface area contributed by atoms with Gasteiger partial charge in [0.05, 0.1) is 15.1 Å². The van der Waals surface area contributed by atoms with Gasteiger partial charge >= 0.3 is 6.18 Å². The van der Waals surface area contributed by atoms with E-state index < -0.39 is 21.3 Å². The van der Waals surface area contributed by atoms with E-state index in [9.17, 15) is 18.3 Å². The summed E-state index contributed by atoms with van der Waals surface area (Å²) in [6.07, 6.45) is 1.39. The van der Waals surface area contributed by atoms with E-state index in [2.05, 4.69) is 37.0 Å². The molecule has 1 aromatic heterocycles. The Bertz CT molecular complexity index is 1210. The van der Waals surface area contributed by atoms with Crippen LogP contribution in [0.15, 0.2) is 30.3 Å². The molecule has 0 aliphatic carbocycles. The van der Waals surface area contributed by atoms with E-state index in [4.69, 9.17) is 9.47 Å². The van der Waals surface area contributed by atoms with Crippen LogP contribution in [0, 0.1) is 0 Å². The van der Waals surface area contributed by atoms with Crippen molar-refractivity contribution in [1.82, 2.24) is 15.0 Å². The minimum atomic E-state index is -4.47. The van der Waals surface area contributed by atoms with Crippen molar-refractivity contribution >= 4 is 20.6 Å². The van der Waals surface area contributed by atoms with Crippen LogP contribution in [-0.4, -0.2) is 48.7 Å². The number of aryl methyl sites for hydroxylation is 1. The molecule has 0 bridgehead atoms. The number of unbranched alkanes of at least 4 members (excludes halogenated alkanes) is 2. The van der Waals surface area contributed by atoms with Crippen LogP contribution in [0.3, 0.4) is 0 Å². The average molecular weight is 566 g/mol. The van der Waals surface area contributed by atoms with Gasteiger partial charge in [0.15, 0.2) is 0 Å². The number of fused-ring (bicyclic) bond motifs is 1. The molecule has 39 heavy (non-hydrogen) atoms. The third-order valence-electron chi connectivity index (χ3n) is 7.12. The summed E-state index contributed by atoms with van der Waals surface area (Å²) in [7, 11) is -0.617. The molecular weight excluding hydrogens is 523 g/mol. The number of alkyl halides is 3. The minimum absolute atomic E-state index is 0.0623. The molecule has 1 N–H and O–H groups in total. The summed E-state index contributed by atoms with van der Waals surface area (Å²) in [5, 5.41) is 20.1. The molecule has 3 rings (SSSR count). The summed E-state index contributed by atoms with van der Waals surface area (Å²) in [6, 6.07) is 8.25. The summed E-state index contributed by atoms with van der Waals surface area (Å²) in [5.74, 6) is -0.0393. The highest BCUT2D eigenvalue weighted by atomic mass is 28.2. The lowest BCUT2D eigenvalue weighted by atomic mass is 9.79. The van der Waals surface area contributed by atoms with Crippen LogP contribution in [0.2, 0.25) is 6.04 Å². The van der Waals surface area contributed by atoms with Crippen molar-refractivity contribution in [3.63, 3.8) is 0 Å². The van der Waals surface area contributed by atoms with Gasteiger partial charge in [-0.05, 0) is 67.5 Å². The summed E-state index contributed by atoms with van der Waals surface area (Å²) in [4.78, 5) is 1.27. The van der Waals surface area contributed by atoms with Crippen LogP contribution in [0.1, 0.15) is 83.4 Å². The van der Waals surface area contributed by atoms with Crippen LogP contribution in [0.25, 0.3) is 16.7 Å². The van der Waals surface area contributed by atoms with Gasteiger partial charge in [-0.25, -0.2) is 0 Å². The lowest BCUT2D eigenvalue weighted by Gasteiger charge is -2.27. The molecule has 0 aliphatic rings. The SMILES string of the molecule is CCCCCC(C)(C)c1cc(CCC[SiH2]C(OCC)OCC)c(O)c(-n2nc3ccc(C(F)(F)F)cc3n2)c1. The monoisotopic (exact) mass is 565 g/mol. The minimum Gasteiger partial charge on any atom is -0.505 e. The first-order valence-corrected chi connectivity index (χ1v) is 15.9. The van der Waals surface area contributed by atoms with Crippen LogP contribution in [0.5, 0.6) is 5.75 Å². The maximum absolute atomic E-state index is 13.2. The van der Waals surface area contributed by atoms with E-state index in [-0.39, 0.29) is 22.6 Å². The highest BCUT2D eigenvalue weighted by Crippen LogP contribution is 2.37. The molecule has 0 saturated heterocycles. The molecule has 0 radical (unpaired) electrons. The average Bonchev–Trinajstić information content (AvgIpc) is 3.30. The van der Waals surface area contributed by atoms with Crippen LogP contribution >= 0.6 is 0 Å². The second-order valence-electron chi connectivity index (χ2n) is 10.6. The van der Waals surface area contributed by atoms with Crippen molar-refractivity contribution < 1.29 is 27.8 Å². The van der Waals surface area contributed by atoms with Gasteiger partial charge in [-0.2, -0.15) is 13.2 Å². The molecule has 10 heteroatoms. The number of phenols is 1. The zero-order valence-electron chi connectivity index (χ0n) is 23.8. The Morgan fingerprint density at radius 1 is 0.923 bits per heavy atom. The first-order valence-electron chi connectivity index (χ1n) is 14.0. The zero-order valence-corrected chi connectivity index (χ0v) is 25.2. The van der Waals surface area contributed by atoms with Gasteiger partial charge in [0.2, 0.25) is 0 Å². The largest absolute Gasteiger partial charge is 0.505 e. The fourth-order valence-corrected chi connectivity index (χ4v) is 6.46. The highest BCUT2D eigenvalue weighted by molar-refractivity contribution is 6.36. The van der Waals surface area contributed by atoms with Gasteiger partial charge < -0.3 is 14.6 Å². The van der Waals surface area contributed by atoms with Gasteiger partial charge in [0.25, 0.3) is 0 Å². The summed E-state index contributed by atoms with van der Waals surface area (Å²) in [6.45, 7) is 11.7. The molecular formula is C29H42F3N3O3Si. The van der Waals surface area contributed by atoms with Crippen molar-refractivity contribution in [1.29, 1.82) is 0 Å². The topological polar surface area (TPSA) is 69.4 Å². The normalized spacial score (nSPS) is 12.9. The Kier molecular flexibility index (Phi) is 11.0. The number of halogens is 3. The van der Waals surface area contributed by atoms with Gasteiger partial charge in [0, 0.05) is 13.2 Å². The van der Waals surface area contributed by atoms with E-state index in [1.165, 1.54) is 10.9 Å². The zero-order chi connectivity index (χ0) is 28.6. The number of rotatable bonds is 15. The van der Waals surface area contributed by atoms with E-state index >= 15 is 0 Å². The quantitative estimate of drug-likeness (QED) is 0.124. The molecule has 0 unspecified atom stereocenters. The molecule has 0 atom stereocenters. The van der Waals surface area contributed by atoms with Crippen LogP contribution < -0.4 is 0 Å². The molecule has 216 valence electrons. The van der Waals surface area contributed by atoms with Crippen molar-refractivity contribution in [3.8, 4) is 11.4 Å². The lowest BCUT2D eigenvalue weighted by molar-refractivity contribution is -0.137. The van der Waals surface area contributed by atoms with Crippen LogP contribution in [0.4, 0.5) is 13.2 Å². The smallest absolute Gasteiger partial charge is 0.416 e. The summed E-state index contributed by atoms with van der Waals surface area (Å²) < 4.78 is 51.2. The second-order valence-corrected chi connectivity index (χ2v) is 12.6. The molecule has 0 saturated carbocycles. The second kappa shape index (κ2) is 13.8. The maximum Gasteiger partial charge on any atom is 0.416 e. The molecule has 2 aromatic carbocycles. The third-order valence-corrected chi connectivity index (χ3v) is 8.97. The van der Waals surface area contributed by atoms with E-state index in [0.29, 0.717) is 30.8 Å². The Balaban J connectivity index is 1.95. The number of benzene rings is 2. The Morgan fingerprint density at radius 2 is 1.62 bits per heavy atom. The van der Waals surface area contributed by atoms with Crippen molar-refractivity contribution in [2.75, 3.05) is 13.2 Å². The number of hydrogen-bond acceptors (Lipinski definition) is 5. The third kappa shape index (κ3) is 8.28. The number of aromatic hydroxyl groups is 1. The number of ether oxygens (including phenoxy) is 2. The number of nitrogens with zero attached hydrogens (tertiary/aromatic N) is 3. The van der Waals surface area contributed by atoms with Gasteiger partial charge in [0.1, 0.15) is 28.4 Å². The number of phenolic OH excluding ortho intramolecular Hbond substituents is 1. The number of aromatic nitrogens is 3. The molecule has 0 aliphatic heterocycles. The first-order chi connectivity index (χ1) is 18.5. The van der Waals surface area contributed by atoms with E-state index in [0.717, 1.165) is 61.4 Å². The summed E-state index contributed by atoms with van der Waals surface area (Å²) >= 11 is 0. The molecule has 0 fully saturated rings. The molecule has 3 aromatic rings. The van der Waals surface area contributed by atoms with Crippen molar-refractivity contribution in [2.24, 2.45) is 0 Å².